The molecule has 5 heteroatoms. The van der Waals surface area contributed by atoms with Crippen LogP contribution in [-0.4, -0.2) is 5.91 Å². The van der Waals surface area contributed by atoms with Crippen LogP contribution < -0.4 is 10.0 Å². The molecule has 0 saturated carbocycles. The number of aromatic nitrogens is 1. The molecular weight excluding hydrogens is 332 g/mol. The highest BCUT2D eigenvalue weighted by Gasteiger charge is 2.08. The van der Waals surface area contributed by atoms with E-state index in [2.05, 4.69) is 37.4 Å². The van der Waals surface area contributed by atoms with E-state index in [1.165, 1.54) is 40.5 Å². The zero-order chi connectivity index (χ0) is 17.8. The van der Waals surface area contributed by atoms with E-state index < -0.39 is 0 Å². The zero-order valence-corrected chi connectivity index (χ0v) is 14.8. The van der Waals surface area contributed by atoms with E-state index in [1.54, 1.807) is 11.8 Å². The number of carbonyl (C=O) groups excluding carboxylic acids is 1. The first kappa shape index (κ1) is 17.0. The van der Waals surface area contributed by atoms with Crippen LogP contribution in [0.25, 0.3) is 0 Å². The van der Waals surface area contributed by atoms with Gasteiger partial charge in [0.25, 0.3) is 5.91 Å². The second-order valence-corrected chi connectivity index (χ2v) is 6.91. The van der Waals surface area contributed by atoms with E-state index in [-0.39, 0.29) is 5.91 Å². The first-order chi connectivity index (χ1) is 12.0. The molecule has 0 radical (unpaired) electrons. The Balaban J connectivity index is 1.68. The maximum Gasteiger partial charge on any atom is 0.256 e. The molecule has 126 valence electrons. The van der Waals surface area contributed by atoms with Gasteiger partial charge in [0.2, 0.25) is 0 Å². The summed E-state index contributed by atoms with van der Waals surface area (Å²) in [6.45, 7) is 4.18. The van der Waals surface area contributed by atoms with Crippen molar-refractivity contribution in [2.45, 2.75) is 23.6 Å². The SMILES string of the molecule is Cc1ccc(C)c(Sc2ccc(NC(=O)c3cc[n+]([O-])cc3)cc2)c1. The van der Waals surface area contributed by atoms with Gasteiger partial charge in [-0.25, -0.2) is 0 Å². The fraction of sp³-hybridized carbons (Fsp3) is 0.100. The van der Waals surface area contributed by atoms with Crippen LogP contribution in [0.2, 0.25) is 0 Å². The molecule has 0 bridgehead atoms. The van der Waals surface area contributed by atoms with Crippen molar-refractivity contribution in [3.63, 3.8) is 0 Å². The highest BCUT2D eigenvalue weighted by molar-refractivity contribution is 7.99. The van der Waals surface area contributed by atoms with Gasteiger partial charge in [-0.15, -0.1) is 0 Å². The van der Waals surface area contributed by atoms with E-state index in [4.69, 9.17) is 0 Å². The molecule has 3 rings (SSSR count). The lowest BCUT2D eigenvalue weighted by molar-refractivity contribution is -0.605. The second-order valence-electron chi connectivity index (χ2n) is 5.80. The highest BCUT2D eigenvalue weighted by atomic mass is 32.2. The van der Waals surface area contributed by atoms with Crippen molar-refractivity contribution in [3.05, 3.63) is 88.9 Å². The molecule has 0 unspecified atom stereocenters. The second kappa shape index (κ2) is 7.40. The molecular formula is C20H18N2O2S. The summed E-state index contributed by atoms with van der Waals surface area (Å²) in [5.41, 5.74) is 3.64. The summed E-state index contributed by atoms with van der Waals surface area (Å²) in [6, 6.07) is 17.1. The van der Waals surface area contributed by atoms with Gasteiger partial charge >= 0.3 is 0 Å². The molecule has 1 amide bonds. The van der Waals surface area contributed by atoms with Gasteiger partial charge in [-0.05, 0) is 55.3 Å². The Labute approximate surface area is 151 Å². The standard InChI is InChI=1S/C20H18N2O2S/c1-14-3-4-15(2)19(13-14)25-18-7-5-17(6-8-18)21-20(23)16-9-11-22(24)12-10-16/h3-13H,1-2H3,(H,21,23). The van der Waals surface area contributed by atoms with E-state index in [9.17, 15) is 10.0 Å². The Kier molecular flexibility index (Phi) is 5.05. The maximum absolute atomic E-state index is 12.2. The van der Waals surface area contributed by atoms with Crippen molar-refractivity contribution in [1.29, 1.82) is 0 Å². The van der Waals surface area contributed by atoms with Gasteiger partial charge in [0.1, 0.15) is 0 Å². The van der Waals surface area contributed by atoms with Crippen LogP contribution in [0.15, 0.2) is 76.8 Å². The number of hydrogen-bond donors (Lipinski definition) is 1. The molecule has 1 aromatic heterocycles. The maximum atomic E-state index is 12.2. The van der Waals surface area contributed by atoms with Gasteiger partial charge in [0.05, 0.1) is 5.56 Å². The Morgan fingerprint density at radius 1 is 1.00 bits per heavy atom. The van der Waals surface area contributed by atoms with Gasteiger partial charge in [-0.1, -0.05) is 23.9 Å². The molecule has 0 aliphatic heterocycles. The number of nitrogens with one attached hydrogen (secondary N) is 1. The molecule has 2 aromatic carbocycles. The van der Waals surface area contributed by atoms with Gasteiger partial charge in [0, 0.05) is 27.6 Å². The summed E-state index contributed by atoms with van der Waals surface area (Å²) in [6.07, 6.45) is 2.61. The van der Waals surface area contributed by atoms with E-state index in [0.717, 1.165) is 4.90 Å². The number of carbonyl (C=O) groups is 1. The topological polar surface area (TPSA) is 56.0 Å². The van der Waals surface area contributed by atoms with Crippen LogP contribution in [0.4, 0.5) is 5.69 Å². The van der Waals surface area contributed by atoms with Crippen molar-refractivity contribution in [2.75, 3.05) is 5.32 Å². The third-order valence-electron chi connectivity index (χ3n) is 3.75. The lowest BCUT2D eigenvalue weighted by Gasteiger charge is -2.09. The molecule has 1 heterocycles. The molecule has 0 fully saturated rings. The van der Waals surface area contributed by atoms with Crippen molar-refractivity contribution >= 4 is 23.4 Å². The fourth-order valence-electron chi connectivity index (χ4n) is 2.32. The molecule has 0 saturated heterocycles. The van der Waals surface area contributed by atoms with E-state index >= 15 is 0 Å². The third kappa shape index (κ3) is 4.39. The summed E-state index contributed by atoms with van der Waals surface area (Å²) in [7, 11) is 0. The molecule has 25 heavy (non-hydrogen) atoms. The Hall–Kier alpha value is -2.79. The summed E-state index contributed by atoms with van der Waals surface area (Å²) < 4.78 is 0.649. The van der Waals surface area contributed by atoms with Gasteiger partial charge < -0.3 is 10.5 Å². The number of aryl methyl sites for hydroxylation is 2. The van der Waals surface area contributed by atoms with Crippen molar-refractivity contribution < 1.29 is 9.52 Å². The highest BCUT2D eigenvalue weighted by Crippen LogP contribution is 2.31. The summed E-state index contributed by atoms with van der Waals surface area (Å²) >= 11 is 1.70. The number of amides is 1. The minimum absolute atomic E-state index is 0.240. The molecule has 0 spiro atoms. The average Bonchev–Trinajstić information content (AvgIpc) is 2.60. The van der Waals surface area contributed by atoms with Gasteiger partial charge in [0.15, 0.2) is 12.4 Å². The van der Waals surface area contributed by atoms with Crippen LogP contribution in [0.3, 0.4) is 0 Å². The van der Waals surface area contributed by atoms with Crippen LogP contribution in [-0.2, 0) is 0 Å². The first-order valence-electron chi connectivity index (χ1n) is 7.86. The number of benzene rings is 2. The lowest BCUT2D eigenvalue weighted by Crippen LogP contribution is -2.25. The summed E-state index contributed by atoms with van der Waals surface area (Å²) in [5.74, 6) is -0.240. The van der Waals surface area contributed by atoms with Crippen LogP contribution in [0.5, 0.6) is 0 Å². The van der Waals surface area contributed by atoms with E-state index in [1.807, 2.05) is 24.3 Å². The summed E-state index contributed by atoms with van der Waals surface area (Å²) in [5, 5.41) is 13.8. The zero-order valence-electron chi connectivity index (χ0n) is 14.0. The Morgan fingerprint density at radius 2 is 1.68 bits per heavy atom. The quantitative estimate of drug-likeness (QED) is 0.562. The molecule has 1 N–H and O–H groups in total. The summed E-state index contributed by atoms with van der Waals surface area (Å²) in [4.78, 5) is 14.5. The smallest absolute Gasteiger partial charge is 0.256 e. The number of hydrogen-bond acceptors (Lipinski definition) is 3. The normalized spacial score (nSPS) is 10.5. The molecule has 3 aromatic rings. The average molecular weight is 350 g/mol. The predicted octanol–water partition coefficient (Wildman–Crippen LogP) is 4.34. The fourth-order valence-corrected chi connectivity index (χ4v) is 3.32. The molecule has 0 atom stereocenters. The van der Waals surface area contributed by atoms with Gasteiger partial charge in [-0.2, -0.15) is 4.73 Å². The molecule has 4 nitrogen and oxygen atoms in total. The number of nitrogens with zero attached hydrogens (tertiary/aromatic N) is 1. The Bertz CT molecular complexity index is 891. The minimum atomic E-state index is -0.240. The lowest BCUT2D eigenvalue weighted by atomic mass is 10.2. The first-order valence-corrected chi connectivity index (χ1v) is 8.68. The predicted molar refractivity (Wildman–Crippen MR) is 99.8 cm³/mol. The van der Waals surface area contributed by atoms with Crippen LogP contribution in [0.1, 0.15) is 21.5 Å². The van der Waals surface area contributed by atoms with Crippen LogP contribution >= 0.6 is 11.8 Å². The van der Waals surface area contributed by atoms with E-state index in [0.29, 0.717) is 16.0 Å². The molecule has 0 aliphatic rings. The van der Waals surface area contributed by atoms with Crippen LogP contribution in [0, 0.1) is 19.1 Å². The minimum Gasteiger partial charge on any atom is -0.619 e. The van der Waals surface area contributed by atoms with Gasteiger partial charge in [-0.3, -0.25) is 4.79 Å². The third-order valence-corrected chi connectivity index (χ3v) is 4.92. The van der Waals surface area contributed by atoms with Crippen molar-refractivity contribution in [2.24, 2.45) is 0 Å². The van der Waals surface area contributed by atoms with Crippen molar-refractivity contribution in [3.8, 4) is 0 Å². The number of rotatable bonds is 4. The number of pyridine rings is 1. The largest absolute Gasteiger partial charge is 0.619 e. The molecule has 0 aliphatic carbocycles. The Morgan fingerprint density at radius 3 is 2.36 bits per heavy atom. The monoisotopic (exact) mass is 350 g/mol. The number of anilines is 1. The van der Waals surface area contributed by atoms with Crippen molar-refractivity contribution in [1.82, 2.24) is 0 Å².